The maximum absolute atomic E-state index is 10.2. The highest BCUT2D eigenvalue weighted by molar-refractivity contribution is 5.57. The first-order valence-electron chi connectivity index (χ1n) is 7.95. The van der Waals surface area contributed by atoms with Crippen molar-refractivity contribution in [3.8, 4) is 17.0 Å². The van der Waals surface area contributed by atoms with Gasteiger partial charge < -0.3 is 9.84 Å². The Balaban J connectivity index is 1.57. The summed E-state index contributed by atoms with van der Waals surface area (Å²) in [6.07, 6.45) is 1.17. The average Bonchev–Trinajstić information content (AvgIpc) is 3.01. The summed E-state index contributed by atoms with van der Waals surface area (Å²) in [5.74, 6) is 0.773. The number of nitrogens with zero attached hydrogens (tertiary/aromatic N) is 3. The smallest absolute Gasteiger partial charge is 0.119 e. The molecule has 0 saturated heterocycles. The third kappa shape index (κ3) is 4.20. The monoisotopic (exact) mass is 323 g/mol. The summed E-state index contributed by atoms with van der Waals surface area (Å²) < 4.78 is 7.32. The van der Waals surface area contributed by atoms with Crippen LogP contribution in [0.1, 0.15) is 11.1 Å². The van der Waals surface area contributed by atoms with Gasteiger partial charge in [-0.05, 0) is 37.1 Å². The number of hydrogen-bond acceptors (Lipinski definition) is 4. The molecule has 0 bridgehead atoms. The lowest BCUT2D eigenvalue weighted by Gasteiger charge is -2.13. The standard InChI is InChI=1S/C19H21N3O2/c1-14-8-15(2)10-18(9-14)24-13-17(23)11-22-12-19(20-21-22)16-6-4-3-5-7-16/h3-10,12,17,23H,11,13H2,1-2H3. The number of rotatable bonds is 6. The van der Waals surface area contributed by atoms with E-state index < -0.39 is 6.10 Å². The molecule has 3 aromatic rings. The number of hydrogen-bond donors (Lipinski definition) is 1. The molecular formula is C19H21N3O2. The molecule has 0 aliphatic rings. The van der Waals surface area contributed by atoms with Gasteiger partial charge in [-0.15, -0.1) is 5.10 Å². The molecule has 0 fully saturated rings. The topological polar surface area (TPSA) is 60.2 Å². The van der Waals surface area contributed by atoms with Crippen molar-refractivity contribution in [1.29, 1.82) is 0 Å². The molecule has 24 heavy (non-hydrogen) atoms. The summed E-state index contributed by atoms with van der Waals surface area (Å²) in [6, 6.07) is 15.8. The van der Waals surface area contributed by atoms with Crippen LogP contribution in [0.4, 0.5) is 0 Å². The van der Waals surface area contributed by atoms with Gasteiger partial charge in [0.2, 0.25) is 0 Å². The predicted molar refractivity (Wildman–Crippen MR) is 92.9 cm³/mol. The van der Waals surface area contributed by atoms with Crippen LogP contribution in [0.2, 0.25) is 0 Å². The van der Waals surface area contributed by atoms with E-state index in [0.29, 0.717) is 6.54 Å². The second-order valence-corrected chi connectivity index (χ2v) is 5.98. The van der Waals surface area contributed by atoms with Crippen molar-refractivity contribution in [1.82, 2.24) is 15.0 Å². The molecule has 0 spiro atoms. The first-order valence-corrected chi connectivity index (χ1v) is 7.95. The van der Waals surface area contributed by atoms with Crippen molar-refractivity contribution in [2.75, 3.05) is 6.61 Å². The summed E-state index contributed by atoms with van der Waals surface area (Å²) >= 11 is 0. The van der Waals surface area contributed by atoms with E-state index in [4.69, 9.17) is 4.74 Å². The Kier molecular flexibility index (Phi) is 4.91. The zero-order chi connectivity index (χ0) is 16.9. The van der Waals surface area contributed by atoms with Gasteiger partial charge in [0.15, 0.2) is 0 Å². The van der Waals surface area contributed by atoms with Gasteiger partial charge in [0.25, 0.3) is 0 Å². The van der Waals surface area contributed by atoms with Crippen LogP contribution in [0, 0.1) is 13.8 Å². The molecule has 1 atom stereocenters. The fourth-order valence-electron chi connectivity index (χ4n) is 2.61. The van der Waals surface area contributed by atoms with E-state index in [-0.39, 0.29) is 6.61 Å². The molecule has 5 nitrogen and oxygen atoms in total. The predicted octanol–water partition coefficient (Wildman–Crippen LogP) is 3.00. The second-order valence-electron chi connectivity index (χ2n) is 5.98. The minimum Gasteiger partial charge on any atom is -0.491 e. The minimum absolute atomic E-state index is 0.212. The molecule has 0 aliphatic heterocycles. The molecule has 0 aliphatic carbocycles. The van der Waals surface area contributed by atoms with Crippen LogP contribution >= 0.6 is 0 Å². The van der Waals surface area contributed by atoms with Crippen LogP contribution in [-0.2, 0) is 6.54 Å². The van der Waals surface area contributed by atoms with Crippen molar-refractivity contribution in [2.45, 2.75) is 26.5 Å². The Morgan fingerprint density at radius 2 is 1.79 bits per heavy atom. The van der Waals surface area contributed by atoms with E-state index in [1.807, 2.05) is 62.5 Å². The van der Waals surface area contributed by atoms with Gasteiger partial charge in [-0.2, -0.15) is 0 Å². The summed E-state index contributed by atoms with van der Waals surface area (Å²) in [7, 11) is 0. The minimum atomic E-state index is -0.656. The van der Waals surface area contributed by atoms with Gasteiger partial charge in [-0.3, -0.25) is 0 Å². The quantitative estimate of drug-likeness (QED) is 0.757. The molecule has 0 saturated carbocycles. The van der Waals surface area contributed by atoms with E-state index in [0.717, 1.165) is 28.1 Å². The van der Waals surface area contributed by atoms with Crippen molar-refractivity contribution in [3.63, 3.8) is 0 Å². The Labute approximate surface area is 141 Å². The average molecular weight is 323 g/mol. The first kappa shape index (κ1) is 16.2. The Morgan fingerprint density at radius 3 is 2.50 bits per heavy atom. The maximum atomic E-state index is 10.2. The number of aryl methyl sites for hydroxylation is 2. The third-order valence-corrected chi connectivity index (χ3v) is 3.64. The number of benzene rings is 2. The number of aliphatic hydroxyl groups excluding tert-OH is 1. The summed E-state index contributed by atoms with van der Waals surface area (Å²) in [6.45, 7) is 4.60. The van der Waals surface area contributed by atoms with Crippen LogP contribution in [-0.4, -0.2) is 32.8 Å². The fraction of sp³-hybridized carbons (Fsp3) is 0.263. The second kappa shape index (κ2) is 7.27. The molecule has 1 heterocycles. The van der Waals surface area contributed by atoms with Crippen LogP contribution in [0.25, 0.3) is 11.3 Å². The highest BCUT2D eigenvalue weighted by atomic mass is 16.5. The van der Waals surface area contributed by atoms with E-state index in [2.05, 4.69) is 16.4 Å². The van der Waals surface area contributed by atoms with Gasteiger partial charge in [0, 0.05) is 5.56 Å². The molecule has 124 valence electrons. The molecule has 0 amide bonds. The third-order valence-electron chi connectivity index (χ3n) is 3.64. The Morgan fingerprint density at radius 1 is 1.08 bits per heavy atom. The van der Waals surface area contributed by atoms with Crippen molar-refractivity contribution >= 4 is 0 Å². The molecule has 3 rings (SSSR count). The summed E-state index contributed by atoms with van der Waals surface area (Å²) in [5.41, 5.74) is 4.08. The SMILES string of the molecule is Cc1cc(C)cc(OCC(O)Cn2cc(-c3ccccc3)nn2)c1. The van der Waals surface area contributed by atoms with Crippen molar-refractivity contribution in [3.05, 3.63) is 65.9 Å². The molecular weight excluding hydrogens is 302 g/mol. The van der Waals surface area contributed by atoms with Gasteiger partial charge in [-0.25, -0.2) is 4.68 Å². The van der Waals surface area contributed by atoms with Crippen molar-refractivity contribution < 1.29 is 9.84 Å². The number of aliphatic hydroxyl groups is 1. The summed E-state index contributed by atoms with van der Waals surface area (Å²) in [5, 5.41) is 18.4. The van der Waals surface area contributed by atoms with Crippen LogP contribution in [0.15, 0.2) is 54.7 Å². The maximum Gasteiger partial charge on any atom is 0.119 e. The van der Waals surface area contributed by atoms with E-state index >= 15 is 0 Å². The molecule has 2 aromatic carbocycles. The lowest BCUT2D eigenvalue weighted by molar-refractivity contribution is 0.0888. The summed E-state index contributed by atoms with van der Waals surface area (Å²) in [4.78, 5) is 0. The first-order chi connectivity index (χ1) is 11.6. The van der Waals surface area contributed by atoms with Crippen LogP contribution in [0.3, 0.4) is 0 Å². The molecule has 5 heteroatoms. The Bertz CT molecular complexity index is 779. The normalized spacial score (nSPS) is 12.1. The molecule has 1 N–H and O–H groups in total. The van der Waals surface area contributed by atoms with Crippen LogP contribution < -0.4 is 4.74 Å². The van der Waals surface area contributed by atoms with Gasteiger partial charge in [-0.1, -0.05) is 41.6 Å². The Hall–Kier alpha value is -2.66. The van der Waals surface area contributed by atoms with E-state index in [1.54, 1.807) is 4.68 Å². The molecule has 0 radical (unpaired) electrons. The van der Waals surface area contributed by atoms with E-state index in [1.165, 1.54) is 0 Å². The van der Waals surface area contributed by atoms with Gasteiger partial charge in [0.05, 0.1) is 12.7 Å². The van der Waals surface area contributed by atoms with Crippen molar-refractivity contribution in [2.24, 2.45) is 0 Å². The largest absolute Gasteiger partial charge is 0.491 e. The van der Waals surface area contributed by atoms with E-state index in [9.17, 15) is 5.11 Å². The van der Waals surface area contributed by atoms with Crippen LogP contribution in [0.5, 0.6) is 5.75 Å². The van der Waals surface area contributed by atoms with Gasteiger partial charge >= 0.3 is 0 Å². The highest BCUT2D eigenvalue weighted by Gasteiger charge is 2.10. The molecule has 1 aromatic heterocycles. The van der Waals surface area contributed by atoms with Gasteiger partial charge in [0.1, 0.15) is 24.2 Å². The zero-order valence-electron chi connectivity index (χ0n) is 13.9. The highest BCUT2D eigenvalue weighted by Crippen LogP contribution is 2.17. The lowest BCUT2D eigenvalue weighted by atomic mass is 10.1. The number of ether oxygens (including phenoxy) is 1. The fourth-order valence-corrected chi connectivity index (χ4v) is 2.61. The number of aromatic nitrogens is 3. The lowest BCUT2D eigenvalue weighted by Crippen LogP contribution is -2.24. The molecule has 1 unspecified atom stereocenters. The zero-order valence-corrected chi connectivity index (χ0v) is 13.9.